The van der Waals surface area contributed by atoms with Gasteiger partial charge in [0.2, 0.25) is 5.69 Å². The average molecular weight is 1410 g/mol. The fraction of sp³-hybridized carbons (Fsp3) is 0.157. The molecule has 2 aliphatic rings. The van der Waals surface area contributed by atoms with Gasteiger partial charge in [-0.1, -0.05) is 295 Å². The van der Waals surface area contributed by atoms with E-state index in [1.807, 2.05) is 24.3 Å². The maximum Gasteiger partial charge on any atom is 0.252 e. The average Bonchev–Trinajstić information content (AvgIpc) is 0.690. The third-order valence-corrected chi connectivity index (χ3v) is 21.9. The normalized spacial score (nSPS) is 12.5. The first kappa shape index (κ1) is 70.6. The molecule has 0 radical (unpaired) electrons. The molecule has 0 spiro atoms. The molecule has 2 heterocycles. The van der Waals surface area contributed by atoms with Crippen LogP contribution in [0.15, 0.2) is 322 Å². The van der Waals surface area contributed by atoms with Gasteiger partial charge in [0.1, 0.15) is 6.07 Å². The Morgan fingerprint density at radius 2 is 0.578 bits per heavy atom. The van der Waals surface area contributed by atoms with Gasteiger partial charge in [-0.3, -0.25) is 0 Å². The van der Waals surface area contributed by atoms with Crippen molar-refractivity contribution in [1.82, 2.24) is 0 Å². The van der Waals surface area contributed by atoms with Gasteiger partial charge >= 0.3 is 0 Å². The first-order valence-corrected chi connectivity index (χ1v) is 38.0. The molecule has 530 valence electrons. The summed E-state index contributed by atoms with van der Waals surface area (Å²) < 4.78 is 0. The monoisotopic (exact) mass is 1410 g/mol. The molecule has 0 saturated carbocycles. The van der Waals surface area contributed by atoms with Crippen molar-refractivity contribution in [2.24, 2.45) is 0 Å². The van der Waals surface area contributed by atoms with E-state index in [-0.39, 0.29) is 28.4 Å². The summed E-state index contributed by atoms with van der Waals surface area (Å²) in [7, 11) is 0. The second-order valence-corrected chi connectivity index (χ2v) is 33.2. The minimum Gasteiger partial charge on any atom is -0.311 e. The fourth-order valence-corrected chi connectivity index (χ4v) is 16.0. The van der Waals surface area contributed by atoms with E-state index in [2.05, 4.69) is 411 Å². The molecule has 14 aromatic carbocycles. The summed E-state index contributed by atoms with van der Waals surface area (Å²) in [5.74, 6) is 0. The molecule has 0 aliphatic carbocycles. The third kappa shape index (κ3) is 13.4. The van der Waals surface area contributed by atoms with Crippen molar-refractivity contribution >= 4 is 97.0 Å². The van der Waals surface area contributed by atoms with Gasteiger partial charge in [-0.2, -0.15) is 5.26 Å². The molecular formula is C102H89BN6. The van der Waals surface area contributed by atoms with Crippen molar-refractivity contribution in [2.75, 3.05) is 19.6 Å². The summed E-state index contributed by atoms with van der Waals surface area (Å²) in [5, 5.41) is 11.7. The minimum atomic E-state index is -0.350. The van der Waals surface area contributed by atoms with Crippen molar-refractivity contribution in [3.8, 4) is 61.7 Å². The zero-order valence-corrected chi connectivity index (χ0v) is 64.4. The molecule has 0 unspecified atom stereocenters. The molecule has 6 nitrogen and oxygen atoms in total. The van der Waals surface area contributed by atoms with Crippen LogP contribution in [0.25, 0.3) is 60.5 Å². The lowest BCUT2D eigenvalue weighted by molar-refractivity contribution is 0.590. The predicted octanol–water partition coefficient (Wildman–Crippen LogP) is 26.7. The van der Waals surface area contributed by atoms with Gasteiger partial charge in [0.25, 0.3) is 6.71 Å². The van der Waals surface area contributed by atoms with Crippen LogP contribution < -0.4 is 36.0 Å². The molecule has 0 N–H and O–H groups in total. The maximum absolute atomic E-state index is 11.7. The summed E-state index contributed by atoms with van der Waals surface area (Å²) in [6, 6.07) is 120. The molecular weight excluding hydrogens is 1320 g/mol. The smallest absolute Gasteiger partial charge is 0.252 e. The Balaban J connectivity index is 1.05. The number of fused-ring (bicyclic) bond motifs is 4. The van der Waals surface area contributed by atoms with E-state index >= 15 is 0 Å². The maximum atomic E-state index is 11.7. The second-order valence-electron chi connectivity index (χ2n) is 33.2. The summed E-state index contributed by atoms with van der Waals surface area (Å²) in [6.07, 6.45) is 0. The molecule has 0 amide bonds. The van der Waals surface area contributed by atoms with Crippen LogP contribution in [0.2, 0.25) is 0 Å². The minimum absolute atomic E-state index is 0.0658. The van der Waals surface area contributed by atoms with Crippen LogP contribution >= 0.6 is 0 Å². The van der Waals surface area contributed by atoms with E-state index < -0.39 is 0 Å². The lowest BCUT2D eigenvalue weighted by Gasteiger charge is -2.45. The molecule has 2 aliphatic heterocycles. The number of nitrogens with zero attached hydrogens (tertiary/aromatic N) is 6. The predicted molar refractivity (Wildman–Crippen MR) is 463 cm³/mol. The number of nitriles is 1. The summed E-state index contributed by atoms with van der Waals surface area (Å²) in [4.78, 5) is 14.3. The zero-order valence-electron chi connectivity index (χ0n) is 64.4. The standard InChI is InChI=1S/C102H89BN6/c1-99(2,3)74-39-47-78(48-40-74)106(79-49-41-75(42-50-79)100(4,5)6)82-55-57-91-93(65-82)108(84-61-86(69-31-21-15-22-32-69)90(67-104)87(62-84)70-33-23-16-24-34-70)95-59-73(68-29-19-14-20-30-68)60-96-97(95)103(91)92-58-56-83(107(80-51-43-76(44-52-80)101(7,8)9)81-53-45-77(46-54-81)102(10,11)12)66-94(92)109(96)85-63-88(71-35-25-17-26-36-71)98(105-13)89(64-85)72-37-27-18-28-38-72/h14-66H,1-12H3. The number of benzene rings is 14. The first-order chi connectivity index (χ1) is 52.5. The summed E-state index contributed by atoms with van der Waals surface area (Å²) >= 11 is 0. The Kier molecular flexibility index (Phi) is 18.1. The van der Waals surface area contributed by atoms with E-state index in [4.69, 9.17) is 6.57 Å². The summed E-state index contributed by atoms with van der Waals surface area (Å²) in [5.41, 5.74) is 30.4. The topological polar surface area (TPSA) is 41.1 Å². The van der Waals surface area contributed by atoms with Crippen molar-refractivity contribution in [2.45, 2.75) is 105 Å². The molecule has 14 aromatic rings. The number of anilines is 12. The Morgan fingerprint density at radius 1 is 0.303 bits per heavy atom. The molecule has 109 heavy (non-hydrogen) atoms. The Bertz CT molecular complexity index is 5240. The van der Waals surface area contributed by atoms with Crippen LogP contribution in [-0.2, 0) is 21.7 Å². The Hall–Kier alpha value is -12.7. The third-order valence-electron chi connectivity index (χ3n) is 21.9. The van der Waals surface area contributed by atoms with Crippen molar-refractivity contribution in [3.05, 3.63) is 361 Å². The Morgan fingerprint density at radius 3 is 0.862 bits per heavy atom. The van der Waals surface area contributed by atoms with Crippen LogP contribution in [-0.4, -0.2) is 6.71 Å². The van der Waals surface area contributed by atoms with Gasteiger partial charge in [0.05, 0.1) is 12.1 Å². The molecule has 0 bridgehead atoms. The zero-order chi connectivity index (χ0) is 75.7. The van der Waals surface area contributed by atoms with Gasteiger partial charge in [-0.05, 0) is 214 Å². The van der Waals surface area contributed by atoms with Crippen molar-refractivity contribution < 1.29 is 0 Å². The van der Waals surface area contributed by atoms with Crippen LogP contribution in [0, 0.1) is 17.9 Å². The number of hydrogen-bond donors (Lipinski definition) is 0. The molecule has 0 saturated heterocycles. The lowest BCUT2D eigenvalue weighted by Crippen LogP contribution is -2.61. The largest absolute Gasteiger partial charge is 0.311 e. The second kappa shape index (κ2) is 27.9. The summed E-state index contributed by atoms with van der Waals surface area (Å²) in [6.45, 7) is 36.1. The van der Waals surface area contributed by atoms with Crippen molar-refractivity contribution in [1.29, 1.82) is 5.26 Å². The Labute approximate surface area is 645 Å². The van der Waals surface area contributed by atoms with Gasteiger partial charge in [0, 0.05) is 79.4 Å². The molecule has 0 aromatic heterocycles. The highest BCUT2D eigenvalue weighted by Gasteiger charge is 2.45. The van der Waals surface area contributed by atoms with Crippen LogP contribution in [0.3, 0.4) is 0 Å². The fourth-order valence-electron chi connectivity index (χ4n) is 16.0. The van der Waals surface area contributed by atoms with Gasteiger partial charge in [0.15, 0.2) is 0 Å². The van der Waals surface area contributed by atoms with E-state index in [1.54, 1.807) is 0 Å². The highest BCUT2D eigenvalue weighted by atomic mass is 15.2. The van der Waals surface area contributed by atoms with E-state index in [1.165, 1.54) is 22.3 Å². The lowest BCUT2D eigenvalue weighted by atomic mass is 9.33. The quantitative estimate of drug-likeness (QED) is 0.0850. The highest BCUT2D eigenvalue weighted by Crippen LogP contribution is 2.53. The highest BCUT2D eigenvalue weighted by molar-refractivity contribution is 7.00. The van der Waals surface area contributed by atoms with Gasteiger partial charge in [-0.25, -0.2) is 4.85 Å². The molecule has 7 heteroatoms. The molecule has 16 rings (SSSR count). The van der Waals surface area contributed by atoms with Crippen LogP contribution in [0.1, 0.15) is 111 Å². The van der Waals surface area contributed by atoms with Crippen LogP contribution in [0.5, 0.6) is 0 Å². The van der Waals surface area contributed by atoms with Crippen molar-refractivity contribution in [3.63, 3.8) is 0 Å². The van der Waals surface area contributed by atoms with Gasteiger partial charge in [-0.15, -0.1) is 0 Å². The number of rotatable bonds is 13. The van der Waals surface area contributed by atoms with E-state index in [0.717, 1.165) is 140 Å². The van der Waals surface area contributed by atoms with E-state index in [0.29, 0.717) is 11.3 Å². The molecule has 0 atom stereocenters. The first-order valence-electron chi connectivity index (χ1n) is 38.0. The van der Waals surface area contributed by atoms with Gasteiger partial charge < -0.3 is 19.6 Å². The van der Waals surface area contributed by atoms with Crippen LogP contribution in [0.4, 0.5) is 73.9 Å². The molecule has 0 fully saturated rings. The van der Waals surface area contributed by atoms with E-state index in [9.17, 15) is 5.26 Å². The number of hydrogen-bond acceptors (Lipinski definition) is 5. The SMILES string of the molecule is [C-]#[N+]c1c(-c2ccccc2)cc(N2c3cc(N(c4ccc(C(C)(C)C)cc4)c4ccc(C(C)(C)C)cc4)ccc3B3c4ccc(N(c5ccc(C(C)(C)C)cc5)c5ccc(C(C)(C)C)cc5)cc4N(c4cc(-c5ccccc5)c(C#N)c(-c5ccccc5)c4)c4cc(-c5ccccc5)cc2c43)cc1-c1ccccc1.